The van der Waals surface area contributed by atoms with Crippen LogP contribution in [0.25, 0.3) is 0 Å². The minimum atomic E-state index is -0.459. The highest BCUT2D eigenvalue weighted by molar-refractivity contribution is 6.04. The van der Waals surface area contributed by atoms with Gasteiger partial charge in [0.15, 0.2) is 0 Å². The van der Waals surface area contributed by atoms with Gasteiger partial charge in [-0.2, -0.15) is 0 Å². The van der Waals surface area contributed by atoms with Crippen LogP contribution in [0.15, 0.2) is 4.42 Å². The fraction of sp³-hybridized carbons (Fsp3) is 0.667. The number of hydrogen-bond donors (Lipinski definition) is 2. The first kappa shape index (κ1) is 14.4. The van der Waals surface area contributed by atoms with Crippen LogP contribution in [0.2, 0.25) is 0 Å². The molecule has 1 unspecified atom stereocenters. The summed E-state index contributed by atoms with van der Waals surface area (Å²) < 4.78 is 5.51. The van der Waals surface area contributed by atoms with Gasteiger partial charge in [-0.15, -0.1) is 5.10 Å². The highest BCUT2D eigenvalue weighted by atomic mass is 16.4. The number of nitrogens with zero attached hydrogens (tertiary/aromatic N) is 3. The Bertz CT molecular complexity index is 499. The molecule has 8 nitrogen and oxygen atoms in total. The Morgan fingerprint density at radius 2 is 2.20 bits per heavy atom. The van der Waals surface area contributed by atoms with E-state index >= 15 is 0 Å². The second-order valence-electron chi connectivity index (χ2n) is 4.98. The molecule has 1 atom stereocenters. The monoisotopic (exact) mass is 281 g/mol. The number of piperazine rings is 1. The van der Waals surface area contributed by atoms with Gasteiger partial charge in [0.05, 0.1) is 6.54 Å². The Kier molecular flexibility index (Phi) is 4.33. The summed E-state index contributed by atoms with van der Waals surface area (Å²) in [6, 6.07) is 0.0516. The molecule has 1 saturated heterocycles. The first-order valence-electron chi connectivity index (χ1n) is 6.67. The van der Waals surface area contributed by atoms with Crippen LogP contribution >= 0.6 is 0 Å². The van der Waals surface area contributed by atoms with E-state index in [2.05, 4.69) is 20.8 Å². The summed E-state index contributed by atoms with van der Waals surface area (Å²) in [6.07, 6.45) is 0.557. The highest BCUT2D eigenvalue weighted by Crippen LogP contribution is 2.19. The number of amides is 2. The van der Waals surface area contributed by atoms with Gasteiger partial charge in [-0.1, -0.05) is 25.9 Å². The van der Waals surface area contributed by atoms with Crippen LogP contribution in [0, 0.1) is 0 Å². The highest BCUT2D eigenvalue weighted by Gasteiger charge is 2.35. The molecule has 110 valence electrons. The molecule has 0 aromatic carbocycles. The van der Waals surface area contributed by atoms with Crippen molar-refractivity contribution in [2.24, 2.45) is 0 Å². The minimum absolute atomic E-state index is 0.0451. The zero-order valence-electron chi connectivity index (χ0n) is 11.8. The van der Waals surface area contributed by atoms with Crippen molar-refractivity contribution in [2.45, 2.75) is 45.8 Å². The van der Waals surface area contributed by atoms with Crippen LogP contribution in [0.4, 0.5) is 6.01 Å². The molecule has 0 radical (unpaired) electrons. The first-order valence-corrected chi connectivity index (χ1v) is 6.67. The molecule has 20 heavy (non-hydrogen) atoms. The van der Waals surface area contributed by atoms with Gasteiger partial charge in [-0.05, 0) is 6.42 Å². The molecule has 0 bridgehead atoms. The predicted octanol–water partition coefficient (Wildman–Crippen LogP) is -0.191. The molecule has 2 amide bonds. The SMILES string of the molecule is CCC1C(=O)NC(=O)CN1c1nnc(CNC(C)C)o1. The number of anilines is 1. The number of hydrogen-bond acceptors (Lipinski definition) is 7. The van der Waals surface area contributed by atoms with Gasteiger partial charge in [0, 0.05) is 6.04 Å². The summed E-state index contributed by atoms with van der Waals surface area (Å²) in [7, 11) is 0. The summed E-state index contributed by atoms with van der Waals surface area (Å²) in [6.45, 7) is 6.39. The van der Waals surface area contributed by atoms with E-state index in [9.17, 15) is 9.59 Å². The standard InChI is InChI=1S/C12H19N5O3/c1-4-8-11(19)14-9(18)6-17(8)12-16-15-10(20-12)5-13-7(2)3/h7-8,13H,4-6H2,1-3H3,(H,14,18,19). The van der Waals surface area contributed by atoms with Gasteiger partial charge in [-0.3, -0.25) is 14.9 Å². The Morgan fingerprint density at radius 3 is 2.85 bits per heavy atom. The second-order valence-corrected chi connectivity index (χ2v) is 4.98. The number of carbonyl (C=O) groups is 2. The van der Waals surface area contributed by atoms with Crippen LogP contribution in [0.5, 0.6) is 0 Å². The number of aromatic nitrogens is 2. The third kappa shape index (κ3) is 3.13. The van der Waals surface area contributed by atoms with E-state index in [4.69, 9.17) is 4.42 Å². The molecule has 2 N–H and O–H groups in total. The summed E-state index contributed by atoms with van der Waals surface area (Å²) in [5.74, 6) is -0.259. The smallest absolute Gasteiger partial charge is 0.319 e. The zero-order valence-corrected chi connectivity index (χ0v) is 11.8. The van der Waals surface area contributed by atoms with Crippen LogP contribution in [-0.4, -0.2) is 40.6 Å². The second kappa shape index (κ2) is 6.00. The van der Waals surface area contributed by atoms with Crippen molar-refractivity contribution < 1.29 is 14.0 Å². The van der Waals surface area contributed by atoms with Crippen LogP contribution in [0.3, 0.4) is 0 Å². The molecule has 2 rings (SSSR count). The number of rotatable bonds is 5. The van der Waals surface area contributed by atoms with E-state index in [1.54, 1.807) is 4.90 Å². The molecule has 1 aromatic heterocycles. The first-order chi connectivity index (χ1) is 9.51. The molecule has 0 saturated carbocycles. The molecule has 0 spiro atoms. The van der Waals surface area contributed by atoms with Crippen LogP contribution in [-0.2, 0) is 16.1 Å². The lowest BCUT2D eigenvalue weighted by atomic mass is 10.1. The average molecular weight is 281 g/mol. The summed E-state index contributed by atoms with van der Waals surface area (Å²) in [5.41, 5.74) is 0. The summed E-state index contributed by atoms with van der Waals surface area (Å²) in [5, 5.41) is 13.3. The van der Waals surface area contributed by atoms with Gasteiger partial charge in [0.1, 0.15) is 12.6 Å². The third-order valence-electron chi connectivity index (χ3n) is 3.01. The lowest BCUT2D eigenvalue weighted by Gasteiger charge is -2.31. The van der Waals surface area contributed by atoms with E-state index in [-0.39, 0.29) is 24.4 Å². The van der Waals surface area contributed by atoms with Gasteiger partial charge >= 0.3 is 6.01 Å². The largest absolute Gasteiger partial charge is 0.407 e. The molecule has 2 heterocycles. The van der Waals surface area contributed by atoms with Gasteiger partial charge in [0.25, 0.3) is 0 Å². The van der Waals surface area contributed by atoms with Gasteiger partial charge in [0.2, 0.25) is 17.7 Å². The topological polar surface area (TPSA) is 100 Å². The van der Waals surface area contributed by atoms with Crippen molar-refractivity contribution in [3.05, 3.63) is 5.89 Å². The van der Waals surface area contributed by atoms with Crippen molar-refractivity contribution in [1.29, 1.82) is 0 Å². The molecule has 1 aromatic rings. The van der Waals surface area contributed by atoms with E-state index in [0.717, 1.165) is 0 Å². The minimum Gasteiger partial charge on any atom is -0.407 e. The van der Waals surface area contributed by atoms with Crippen molar-refractivity contribution in [2.75, 3.05) is 11.4 Å². The van der Waals surface area contributed by atoms with E-state index in [1.165, 1.54) is 0 Å². The Balaban J connectivity index is 2.12. The lowest BCUT2D eigenvalue weighted by molar-refractivity contribution is -0.133. The summed E-state index contributed by atoms with van der Waals surface area (Å²) in [4.78, 5) is 24.8. The normalized spacial score (nSPS) is 19.6. The van der Waals surface area contributed by atoms with Crippen molar-refractivity contribution in [3.63, 3.8) is 0 Å². The fourth-order valence-electron chi connectivity index (χ4n) is 2.00. The fourth-order valence-corrected chi connectivity index (χ4v) is 2.00. The predicted molar refractivity (Wildman–Crippen MR) is 70.8 cm³/mol. The molecule has 8 heteroatoms. The van der Waals surface area contributed by atoms with Crippen LogP contribution in [0.1, 0.15) is 33.1 Å². The Labute approximate surface area is 116 Å². The molecule has 0 aliphatic carbocycles. The molecule has 1 aliphatic rings. The zero-order chi connectivity index (χ0) is 14.7. The van der Waals surface area contributed by atoms with Gasteiger partial charge < -0.3 is 14.6 Å². The molecule has 1 fully saturated rings. The number of nitrogens with one attached hydrogen (secondary N) is 2. The summed E-state index contributed by atoms with van der Waals surface area (Å²) >= 11 is 0. The van der Waals surface area contributed by atoms with E-state index < -0.39 is 6.04 Å². The van der Waals surface area contributed by atoms with Crippen molar-refractivity contribution in [3.8, 4) is 0 Å². The lowest BCUT2D eigenvalue weighted by Crippen LogP contribution is -2.58. The maximum atomic E-state index is 11.8. The third-order valence-corrected chi connectivity index (χ3v) is 3.01. The number of imide groups is 1. The molecular formula is C12H19N5O3. The Morgan fingerprint density at radius 1 is 1.45 bits per heavy atom. The number of carbonyl (C=O) groups excluding carboxylic acids is 2. The Hall–Kier alpha value is -1.96. The average Bonchev–Trinajstić information content (AvgIpc) is 2.84. The van der Waals surface area contributed by atoms with Gasteiger partial charge in [-0.25, -0.2) is 0 Å². The van der Waals surface area contributed by atoms with E-state index in [1.807, 2.05) is 20.8 Å². The quantitative estimate of drug-likeness (QED) is 0.721. The van der Waals surface area contributed by atoms with E-state index in [0.29, 0.717) is 24.9 Å². The maximum absolute atomic E-state index is 11.8. The maximum Gasteiger partial charge on any atom is 0.319 e. The molecule has 1 aliphatic heterocycles. The molecular weight excluding hydrogens is 262 g/mol. The van der Waals surface area contributed by atoms with Crippen molar-refractivity contribution >= 4 is 17.8 Å². The van der Waals surface area contributed by atoms with Crippen LogP contribution < -0.4 is 15.5 Å². The van der Waals surface area contributed by atoms with Crippen molar-refractivity contribution in [1.82, 2.24) is 20.8 Å².